The van der Waals surface area contributed by atoms with Crippen LogP contribution in [-0.4, -0.2) is 34.1 Å². The second-order valence-electron chi connectivity index (χ2n) is 4.03. The van der Waals surface area contributed by atoms with E-state index in [1.807, 2.05) is 13.8 Å². The molecule has 0 aliphatic rings. The molecule has 0 aliphatic carbocycles. The fourth-order valence-corrected chi connectivity index (χ4v) is 2.60. The fraction of sp³-hybridized carbons (Fsp3) is 0.417. The van der Waals surface area contributed by atoms with Crippen LogP contribution in [0.3, 0.4) is 0 Å². The molecule has 1 rings (SSSR count). The number of aryl methyl sites for hydroxylation is 2. The van der Waals surface area contributed by atoms with Crippen molar-refractivity contribution in [1.82, 2.24) is 5.32 Å². The van der Waals surface area contributed by atoms with Gasteiger partial charge in [0.2, 0.25) is 0 Å². The molecule has 0 unspecified atom stereocenters. The Morgan fingerprint density at radius 1 is 1.37 bits per heavy atom. The van der Waals surface area contributed by atoms with Crippen molar-refractivity contribution in [3.05, 3.63) is 21.4 Å². The minimum atomic E-state index is -1.42. The van der Waals surface area contributed by atoms with Crippen molar-refractivity contribution < 1.29 is 24.6 Å². The molecule has 0 bridgehead atoms. The number of amides is 1. The van der Waals surface area contributed by atoms with E-state index in [0.29, 0.717) is 4.88 Å². The Labute approximate surface area is 114 Å². The topological polar surface area (TPSA) is 104 Å². The fourth-order valence-electron chi connectivity index (χ4n) is 1.59. The number of aliphatic carboxylic acids is 2. The maximum atomic E-state index is 11.9. The first kappa shape index (κ1) is 15.2. The highest BCUT2D eigenvalue weighted by Crippen LogP contribution is 2.22. The number of hydrogen-bond acceptors (Lipinski definition) is 4. The Kier molecular flexibility index (Phi) is 5.05. The van der Waals surface area contributed by atoms with Crippen molar-refractivity contribution in [3.63, 3.8) is 0 Å². The summed E-state index contributed by atoms with van der Waals surface area (Å²) in [5.41, 5.74) is 0.975. The molecule has 1 atom stereocenters. The van der Waals surface area contributed by atoms with Crippen molar-refractivity contribution >= 4 is 29.2 Å². The number of rotatable bonds is 6. The minimum Gasteiger partial charge on any atom is -0.481 e. The minimum absolute atomic E-state index is 0.394. The van der Waals surface area contributed by atoms with E-state index in [-0.39, 0.29) is 0 Å². The van der Waals surface area contributed by atoms with Crippen LogP contribution in [0.4, 0.5) is 0 Å². The average Bonchev–Trinajstić information content (AvgIpc) is 2.69. The van der Waals surface area contributed by atoms with Crippen LogP contribution in [0.2, 0.25) is 0 Å². The van der Waals surface area contributed by atoms with Crippen LogP contribution in [0.5, 0.6) is 0 Å². The summed E-state index contributed by atoms with van der Waals surface area (Å²) < 4.78 is 0. The molecule has 1 amide bonds. The smallest absolute Gasteiger partial charge is 0.326 e. The first-order valence-electron chi connectivity index (χ1n) is 5.69. The maximum absolute atomic E-state index is 11.9. The van der Waals surface area contributed by atoms with Gasteiger partial charge in [0, 0.05) is 4.88 Å². The van der Waals surface area contributed by atoms with Crippen molar-refractivity contribution in [2.75, 3.05) is 0 Å². The van der Waals surface area contributed by atoms with E-state index in [2.05, 4.69) is 5.32 Å². The van der Waals surface area contributed by atoms with Gasteiger partial charge in [0.05, 0.1) is 11.3 Å². The summed E-state index contributed by atoms with van der Waals surface area (Å²) in [4.78, 5) is 34.7. The Hall–Kier alpha value is -1.89. The summed E-state index contributed by atoms with van der Waals surface area (Å²) in [6.45, 7) is 3.84. The molecule has 0 saturated carbocycles. The van der Waals surface area contributed by atoms with E-state index in [1.165, 1.54) is 11.3 Å². The standard InChI is InChI=1S/C12H15NO5S/c1-3-8-6(2)4-9(19-8)11(16)13-7(12(17)18)5-10(14)15/h4,7H,3,5H2,1-2H3,(H,13,16)(H,14,15)(H,17,18)/t7-/m0/s1. The van der Waals surface area contributed by atoms with Crippen LogP contribution in [0.25, 0.3) is 0 Å². The number of carbonyl (C=O) groups excluding carboxylic acids is 1. The van der Waals surface area contributed by atoms with Crippen LogP contribution < -0.4 is 5.32 Å². The molecule has 7 heteroatoms. The molecule has 19 heavy (non-hydrogen) atoms. The third-order valence-corrected chi connectivity index (χ3v) is 3.93. The maximum Gasteiger partial charge on any atom is 0.326 e. The predicted octanol–water partition coefficient (Wildman–Crippen LogP) is 1.28. The van der Waals surface area contributed by atoms with Gasteiger partial charge in [-0.25, -0.2) is 4.79 Å². The van der Waals surface area contributed by atoms with E-state index in [1.54, 1.807) is 6.07 Å². The van der Waals surface area contributed by atoms with Crippen LogP contribution >= 0.6 is 11.3 Å². The molecule has 1 aromatic heterocycles. The molecular weight excluding hydrogens is 270 g/mol. The molecule has 0 aromatic carbocycles. The van der Waals surface area contributed by atoms with E-state index < -0.39 is 30.3 Å². The van der Waals surface area contributed by atoms with Crippen molar-refractivity contribution in [1.29, 1.82) is 0 Å². The van der Waals surface area contributed by atoms with Gasteiger partial charge in [0.1, 0.15) is 6.04 Å². The molecule has 6 nitrogen and oxygen atoms in total. The first-order valence-corrected chi connectivity index (χ1v) is 6.51. The van der Waals surface area contributed by atoms with E-state index >= 15 is 0 Å². The van der Waals surface area contributed by atoms with Gasteiger partial charge in [-0.3, -0.25) is 9.59 Å². The summed E-state index contributed by atoms with van der Waals surface area (Å²) >= 11 is 1.29. The van der Waals surface area contributed by atoms with Gasteiger partial charge in [-0.2, -0.15) is 0 Å². The lowest BCUT2D eigenvalue weighted by molar-refractivity contribution is -0.145. The molecule has 0 saturated heterocycles. The highest BCUT2D eigenvalue weighted by atomic mass is 32.1. The largest absolute Gasteiger partial charge is 0.481 e. The number of thiophene rings is 1. The lowest BCUT2D eigenvalue weighted by atomic mass is 10.2. The van der Waals surface area contributed by atoms with E-state index in [9.17, 15) is 14.4 Å². The van der Waals surface area contributed by atoms with Crippen molar-refractivity contribution in [2.45, 2.75) is 32.7 Å². The molecule has 0 fully saturated rings. The summed E-state index contributed by atoms with van der Waals surface area (Å²) in [5, 5.41) is 19.7. The van der Waals surface area contributed by atoms with Gasteiger partial charge in [0.15, 0.2) is 0 Å². The number of carbonyl (C=O) groups is 3. The first-order chi connectivity index (χ1) is 8.85. The van der Waals surface area contributed by atoms with Gasteiger partial charge in [-0.05, 0) is 25.0 Å². The molecule has 0 aliphatic heterocycles. The van der Waals surface area contributed by atoms with E-state index in [0.717, 1.165) is 16.9 Å². The van der Waals surface area contributed by atoms with Gasteiger partial charge < -0.3 is 15.5 Å². The zero-order chi connectivity index (χ0) is 14.6. The van der Waals surface area contributed by atoms with Crippen LogP contribution in [0, 0.1) is 6.92 Å². The molecular formula is C12H15NO5S. The monoisotopic (exact) mass is 285 g/mol. The summed E-state index contributed by atoms with van der Waals surface area (Å²) in [7, 11) is 0. The molecule has 0 radical (unpaired) electrons. The van der Waals surface area contributed by atoms with Gasteiger partial charge >= 0.3 is 11.9 Å². The lowest BCUT2D eigenvalue weighted by Crippen LogP contribution is -2.41. The lowest BCUT2D eigenvalue weighted by Gasteiger charge is -2.11. The zero-order valence-corrected chi connectivity index (χ0v) is 11.4. The number of nitrogens with one attached hydrogen (secondary N) is 1. The Morgan fingerprint density at radius 3 is 2.42 bits per heavy atom. The SMILES string of the molecule is CCc1sc(C(=O)N[C@@H](CC(=O)O)C(=O)O)cc1C. The Bertz CT molecular complexity index is 508. The average molecular weight is 285 g/mol. The number of hydrogen-bond donors (Lipinski definition) is 3. The van der Waals surface area contributed by atoms with E-state index in [4.69, 9.17) is 10.2 Å². The Balaban J connectivity index is 2.81. The third kappa shape index (κ3) is 4.06. The number of carboxylic acids is 2. The summed E-state index contributed by atoms with van der Waals surface area (Å²) in [6, 6.07) is 0.260. The highest BCUT2D eigenvalue weighted by molar-refractivity contribution is 7.14. The molecule has 1 heterocycles. The Morgan fingerprint density at radius 2 is 2.00 bits per heavy atom. The normalized spacial score (nSPS) is 11.9. The van der Waals surface area contributed by atoms with Gasteiger partial charge in [-0.15, -0.1) is 11.3 Å². The molecule has 1 aromatic rings. The second kappa shape index (κ2) is 6.33. The number of carboxylic acid groups (broad SMARTS) is 2. The van der Waals surface area contributed by atoms with Crippen LogP contribution in [0.15, 0.2) is 6.07 Å². The van der Waals surface area contributed by atoms with Crippen molar-refractivity contribution in [2.24, 2.45) is 0 Å². The summed E-state index contributed by atoms with van der Waals surface area (Å²) in [6.07, 6.45) is 0.146. The summed E-state index contributed by atoms with van der Waals surface area (Å²) in [5.74, 6) is -3.19. The van der Waals surface area contributed by atoms with Gasteiger partial charge in [-0.1, -0.05) is 6.92 Å². The molecule has 104 valence electrons. The van der Waals surface area contributed by atoms with Crippen LogP contribution in [-0.2, 0) is 16.0 Å². The zero-order valence-electron chi connectivity index (χ0n) is 10.6. The molecule has 0 spiro atoms. The predicted molar refractivity (Wildman–Crippen MR) is 69.6 cm³/mol. The quantitative estimate of drug-likeness (QED) is 0.730. The van der Waals surface area contributed by atoms with Crippen LogP contribution in [0.1, 0.15) is 33.5 Å². The third-order valence-electron chi connectivity index (χ3n) is 2.55. The molecule has 3 N–H and O–H groups in total. The highest BCUT2D eigenvalue weighted by Gasteiger charge is 2.24. The second-order valence-corrected chi connectivity index (χ2v) is 5.17. The van der Waals surface area contributed by atoms with Crippen molar-refractivity contribution in [3.8, 4) is 0 Å². The van der Waals surface area contributed by atoms with Gasteiger partial charge in [0.25, 0.3) is 5.91 Å².